The van der Waals surface area contributed by atoms with E-state index in [9.17, 15) is 4.79 Å². The maximum atomic E-state index is 12.5. The number of anilines is 1. The van der Waals surface area contributed by atoms with Gasteiger partial charge in [-0.3, -0.25) is 4.79 Å². The third-order valence-corrected chi connectivity index (χ3v) is 5.84. The zero-order chi connectivity index (χ0) is 25.4. The minimum absolute atomic E-state index is 0.136. The van der Waals surface area contributed by atoms with Gasteiger partial charge in [0, 0.05) is 5.69 Å². The Morgan fingerprint density at radius 3 is 2.26 bits per heavy atom. The minimum Gasteiger partial charge on any atom is -0.339 e. The first-order chi connectivity index (χ1) is 16.6. The van der Waals surface area contributed by atoms with Crippen molar-refractivity contribution in [2.45, 2.75) is 30.2 Å². The lowest BCUT2D eigenvalue weighted by molar-refractivity contribution is -0.121. The predicted molar refractivity (Wildman–Crippen MR) is 148 cm³/mol. The van der Waals surface area contributed by atoms with E-state index in [1.165, 1.54) is 0 Å². The number of nitrogens with one attached hydrogen (secondary N) is 3. The fraction of sp³-hybridized carbons (Fsp3) is 0.200. The highest BCUT2D eigenvalue weighted by Gasteiger charge is 2.34. The topological polar surface area (TPSA) is 77.9 Å². The third kappa shape index (κ3) is 8.47. The van der Waals surface area contributed by atoms with Gasteiger partial charge in [0.1, 0.15) is 6.17 Å². The molecule has 3 N–H and O–H groups in total. The standard InChI is InChI=1S/C25H24Cl3N5OS/c1-16-8-6-7-11-21(16)33-32-19-12-13-20(17(2)14-19)29-24(35)31-23(25(26,27)28)30-22(34)15-18-9-4-3-5-10-18/h3-14,23H,15H2,1-2H3,(H,30,34)(H2,29,31,35). The number of nitrogens with zero attached hydrogens (tertiary/aromatic N) is 2. The molecule has 3 aromatic carbocycles. The van der Waals surface area contributed by atoms with E-state index in [1.807, 2.05) is 86.6 Å². The smallest absolute Gasteiger partial charge is 0.228 e. The number of thiocarbonyl (C=S) groups is 1. The van der Waals surface area contributed by atoms with Crippen LogP contribution in [0.3, 0.4) is 0 Å². The van der Waals surface area contributed by atoms with Crippen molar-refractivity contribution in [2.24, 2.45) is 10.2 Å². The summed E-state index contributed by atoms with van der Waals surface area (Å²) < 4.78 is -1.84. The van der Waals surface area contributed by atoms with Crippen LogP contribution in [0, 0.1) is 13.8 Å². The van der Waals surface area contributed by atoms with E-state index in [4.69, 9.17) is 47.0 Å². The van der Waals surface area contributed by atoms with Crippen molar-refractivity contribution >= 4 is 75.1 Å². The molecule has 182 valence electrons. The molecule has 1 atom stereocenters. The molecule has 35 heavy (non-hydrogen) atoms. The van der Waals surface area contributed by atoms with E-state index >= 15 is 0 Å². The fourth-order valence-electron chi connectivity index (χ4n) is 3.12. The van der Waals surface area contributed by atoms with Gasteiger partial charge >= 0.3 is 0 Å². The summed E-state index contributed by atoms with van der Waals surface area (Å²) >= 11 is 23.6. The molecule has 0 aromatic heterocycles. The van der Waals surface area contributed by atoms with Gasteiger partial charge in [-0.1, -0.05) is 83.3 Å². The quantitative estimate of drug-likeness (QED) is 0.128. The number of carbonyl (C=O) groups excluding carboxylic acids is 1. The molecule has 0 spiro atoms. The molecule has 0 fully saturated rings. The molecule has 0 aliphatic heterocycles. The first kappa shape index (κ1) is 26.9. The Morgan fingerprint density at radius 1 is 0.914 bits per heavy atom. The molecule has 1 amide bonds. The summed E-state index contributed by atoms with van der Waals surface area (Å²) in [6.45, 7) is 3.89. The van der Waals surface area contributed by atoms with Gasteiger partial charge in [0.25, 0.3) is 0 Å². The number of rotatable bonds is 7. The van der Waals surface area contributed by atoms with Gasteiger partial charge in [-0.05, 0) is 67.0 Å². The third-order valence-electron chi connectivity index (χ3n) is 4.96. The maximum absolute atomic E-state index is 12.5. The number of hydrogen-bond acceptors (Lipinski definition) is 4. The Kier molecular flexibility index (Phi) is 9.46. The van der Waals surface area contributed by atoms with E-state index in [0.29, 0.717) is 5.69 Å². The van der Waals surface area contributed by atoms with Crippen molar-refractivity contribution in [3.8, 4) is 0 Å². The summed E-state index contributed by atoms with van der Waals surface area (Å²) in [6.07, 6.45) is -0.913. The molecule has 0 radical (unpaired) electrons. The molecule has 0 aliphatic carbocycles. The van der Waals surface area contributed by atoms with Crippen LogP contribution in [0.1, 0.15) is 16.7 Å². The number of amides is 1. The Bertz CT molecular complexity index is 1220. The molecule has 3 rings (SSSR count). The Labute approximate surface area is 225 Å². The Balaban J connectivity index is 1.62. The summed E-state index contributed by atoms with van der Waals surface area (Å²) in [5.41, 5.74) is 5.00. The van der Waals surface area contributed by atoms with Crippen molar-refractivity contribution in [3.05, 3.63) is 89.5 Å². The van der Waals surface area contributed by atoms with E-state index in [1.54, 1.807) is 0 Å². The van der Waals surface area contributed by atoms with Gasteiger partial charge in [0.15, 0.2) is 5.11 Å². The second kappa shape index (κ2) is 12.3. The summed E-state index contributed by atoms with van der Waals surface area (Å²) in [6, 6.07) is 22.5. The maximum Gasteiger partial charge on any atom is 0.228 e. The van der Waals surface area contributed by atoms with Crippen LogP contribution in [0.25, 0.3) is 0 Å². The largest absolute Gasteiger partial charge is 0.339 e. The number of aryl methyl sites for hydroxylation is 2. The molecular formula is C25H24Cl3N5OS. The molecule has 10 heteroatoms. The zero-order valence-electron chi connectivity index (χ0n) is 19.1. The Hall–Kier alpha value is -2.71. The van der Waals surface area contributed by atoms with Crippen LogP contribution >= 0.6 is 47.0 Å². The number of alkyl halides is 3. The normalized spacial score (nSPS) is 12.3. The highest BCUT2D eigenvalue weighted by molar-refractivity contribution is 7.80. The highest BCUT2D eigenvalue weighted by Crippen LogP contribution is 2.30. The van der Waals surface area contributed by atoms with E-state index in [2.05, 4.69) is 26.2 Å². The molecule has 0 aliphatic rings. The van der Waals surface area contributed by atoms with Crippen molar-refractivity contribution in [3.63, 3.8) is 0 Å². The highest BCUT2D eigenvalue weighted by atomic mass is 35.6. The average molecular weight is 549 g/mol. The molecule has 3 aromatic rings. The number of hydrogen-bond donors (Lipinski definition) is 3. The van der Waals surface area contributed by atoms with Crippen LogP contribution in [-0.2, 0) is 11.2 Å². The van der Waals surface area contributed by atoms with Gasteiger partial charge < -0.3 is 16.0 Å². The van der Waals surface area contributed by atoms with Crippen molar-refractivity contribution < 1.29 is 4.79 Å². The summed E-state index contributed by atoms with van der Waals surface area (Å²) in [5, 5.41) is 17.4. The van der Waals surface area contributed by atoms with Crippen LogP contribution < -0.4 is 16.0 Å². The van der Waals surface area contributed by atoms with Gasteiger partial charge in [-0.15, -0.1) is 0 Å². The number of carbonyl (C=O) groups is 1. The van der Waals surface area contributed by atoms with E-state index < -0.39 is 9.96 Å². The molecule has 0 saturated carbocycles. The number of benzene rings is 3. The van der Waals surface area contributed by atoms with Crippen LogP contribution in [0.2, 0.25) is 0 Å². The summed E-state index contributed by atoms with van der Waals surface area (Å²) in [4.78, 5) is 12.5. The minimum atomic E-state index is -1.84. The van der Waals surface area contributed by atoms with E-state index in [0.717, 1.165) is 28.1 Å². The molecular weight excluding hydrogens is 525 g/mol. The second-order valence-electron chi connectivity index (χ2n) is 7.79. The average Bonchev–Trinajstić information content (AvgIpc) is 2.80. The van der Waals surface area contributed by atoms with Crippen LogP contribution in [0.5, 0.6) is 0 Å². The second-order valence-corrected chi connectivity index (χ2v) is 10.6. The predicted octanol–water partition coefficient (Wildman–Crippen LogP) is 7.06. The van der Waals surface area contributed by atoms with Crippen molar-refractivity contribution in [2.75, 3.05) is 5.32 Å². The Morgan fingerprint density at radius 2 is 1.60 bits per heavy atom. The monoisotopic (exact) mass is 547 g/mol. The summed E-state index contributed by atoms with van der Waals surface area (Å²) in [5.74, 6) is -0.317. The molecule has 0 bridgehead atoms. The zero-order valence-corrected chi connectivity index (χ0v) is 22.1. The van der Waals surface area contributed by atoms with Gasteiger partial charge in [-0.2, -0.15) is 10.2 Å². The first-order valence-electron chi connectivity index (χ1n) is 10.7. The molecule has 1 unspecified atom stereocenters. The molecule has 0 heterocycles. The number of halogens is 3. The molecule has 0 saturated heterocycles. The lowest BCUT2D eigenvalue weighted by Crippen LogP contribution is -2.56. The SMILES string of the molecule is Cc1ccccc1N=Nc1ccc(NC(=S)NC(NC(=O)Cc2ccccc2)C(Cl)(Cl)Cl)c(C)c1. The lowest BCUT2D eigenvalue weighted by Gasteiger charge is -2.28. The van der Waals surface area contributed by atoms with Gasteiger partial charge in [0.05, 0.1) is 17.8 Å². The van der Waals surface area contributed by atoms with Crippen molar-refractivity contribution in [1.29, 1.82) is 0 Å². The lowest BCUT2D eigenvalue weighted by atomic mass is 10.1. The van der Waals surface area contributed by atoms with Crippen LogP contribution in [0.4, 0.5) is 17.1 Å². The summed E-state index contributed by atoms with van der Waals surface area (Å²) in [7, 11) is 0. The number of azo groups is 1. The van der Waals surface area contributed by atoms with Crippen LogP contribution in [-0.4, -0.2) is 21.0 Å². The van der Waals surface area contributed by atoms with Crippen LogP contribution in [0.15, 0.2) is 83.0 Å². The first-order valence-corrected chi connectivity index (χ1v) is 12.2. The van der Waals surface area contributed by atoms with Gasteiger partial charge in [-0.25, -0.2) is 0 Å². The molecule has 6 nitrogen and oxygen atoms in total. The fourth-order valence-corrected chi connectivity index (χ4v) is 3.68. The van der Waals surface area contributed by atoms with Gasteiger partial charge in [0.2, 0.25) is 9.70 Å². The van der Waals surface area contributed by atoms with E-state index in [-0.39, 0.29) is 17.4 Å². The van der Waals surface area contributed by atoms with Crippen molar-refractivity contribution in [1.82, 2.24) is 10.6 Å².